The highest BCUT2D eigenvalue weighted by atomic mass is 32.3. The number of anilines is 3. The van der Waals surface area contributed by atoms with E-state index in [4.69, 9.17) is 5.11 Å². The summed E-state index contributed by atoms with van der Waals surface area (Å²) in [5.41, 5.74) is -0.198. The van der Waals surface area contributed by atoms with E-state index in [0.29, 0.717) is 37.3 Å². The summed E-state index contributed by atoms with van der Waals surface area (Å²) in [6, 6.07) is 7.30. The van der Waals surface area contributed by atoms with Gasteiger partial charge in [-0.3, -0.25) is 13.4 Å². The van der Waals surface area contributed by atoms with Gasteiger partial charge >= 0.3 is 6.09 Å². The molecule has 0 spiro atoms. The van der Waals surface area contributed by atoms with E-state index in [1.165, 1.54) is 10.4 Å². The van der Waals surface area contributed by atoms with E-state index in [0.717, 1.165) is 4.31 Å². The molecule has 170 valence electrons. The van der Waals surface area contributed by atoms with Gasteiger partial charge in [0.05, 0.1) is 17.9 Å². The smallest absolute Gasteiger partial charge is 0.404 e. The van der Waals surface area contributed by atoms with Crippen molar-refractivity contribution in [2.75, 3.05) is 41.8 Å². The quantitative estimate of drug-likeness (QED) is 0.438. The first-order valence-electron chi connectivity index (χ1n) is 9.38. The second-order valence-electron chi connectivity index (χ2n) is 6.98. The Balaban J connectivity index is 1.81. The Labute approximate surface area is 179 Å². The lowest BCUT2D eigenvalue weighted by Crippen LogP contribution is -2.37. The number of halogens is 3. The van der Waals surface area contributed by atoms with E-state index >= 15 is 0 Å². The number of carboxylic acid groups (broad SMARTS) is 1. The van der Waals surface area contributed by atoms with E-state index in [2.05, 4.69) is 5.32 Å². The molecule has 4 N–H and O–H groups in total. The molecular formula is C19H23F3N4O4S. The van der Waals surface area contributed by atoms with Crippen molar-refractivity contribution in [2.45, 2.75) is 6.42 Å². The lowest BCUT2D eigenvalue weighted by Gasteiger charge is -2.44. The van der Waals surface area contributed by atoms with Crippen LogP contribution >= 0.6 is 11.0 Å². The van der Waals surface area contributed by atoms with Crippen LogP contribution in [0.15, 0.2) is 36.4 Å². The maximum absolute atomic E-state index is 14.5. The Morgan fingerprint density at radius 3 is 2.32 bits per heavy atom. The zero-order valence-corrected chi connectivity index (χ0v) is 17.4. The standard InChI is InChI=1S/C19H23F3N4O4S/c1-24(8-4-7-23-19(27)28)9-10-25-16-5-2-3-6-17(16)26(31(25,29)30)18-14(21)11-13(20)12-15(18)22/h2-3,5-6,11-12,23,29-30H,4,7-10H2,1H3,(H,27,28). The molecule has 0 saturated carbocycles. The summed E-state index contributed by atoms with van der Waals surface area (Å²) in [6.07, 6.45) is -0.557. The third-order valence-corrected chi connectivity index (χ3v) is 6.61. The second kappa shape index (κ2) is 9.22. The fourth-order valence-corrected chi connectivity index (χ4v) is 5.12. The number of nitrogens with zero attached hydrogens (tertiary/aromatic N) is 3. The predicted molar refractivity (Wildman–Crippen MR) is 113 cm³/mol. The maximum atomic E-state index is 14.5. The van der Waals surface area contributed by atoms with Crippen molar-refractivity contribution in [2.24, 2.45) is 0 Å². The zero-order valence-electron chi connectivity index (χ0n) is 16.6. The minimum absolute atomic E-state index is 0.114. The molecule has 0 aliphatic carbocycles. The molecule has 2 aromatic carbocycles. The number of hydrogen-bond acceptors (Lipinski definition) is 6. The van der Waals surface area contributed by atoms with Crippen LogP contribution in [0.2, 0.25) is 0 Å². The fraction of sp³-hybridized carbons (Fsp3) is 0.316. The highest BCUT2D eigenvalue weighted by molar-refractivity contribution is 8.27. The molecule has 2 aromatic rings. The number of fused-ring (bicyclic) bond motifs is 1. The van der Waals surface area contributed by atoms with Crippen LogP contribution in [0.25, 0.3) is 0 Å². The first kappa shape index (κ1) is 23.0. The van der Waals surface area contributed by atoms with Gasteiger partial charge in [0, 0.05) is 25.2 Å². The summed E-state index contributed by atoms with van der Waals surface area (Å²) >= 11 is 0. The van der Waals surface area contributed by atoms with Crippen LogP contribution in [0.3, 0.4) is 0 Å². The van der Waals surface area contributed by atoms with Crippen molar-refractivity contribution in [3.63, 3.8) is 0 Å². The van der Waals surface area contributed by atoms with Gasteiger partial charge < -0.3 is 15.3 Å². The molecule has 1 aliphatic heterocycles. The number of likely N-dealkylation sites (N-methyl/N-ethyl adjacent to an activating group) is 1. The predicted octanol–water partition coefficient (Wildman–Crippen LogP) is 4.23. The normalized spacial score (nSPS) is 15.8. The minimum atomic E-state index is -3.88. The molecular weight excluding hydrogens is 437 g/mol. The number of amides is 1. The number of rotatable bonds is 8. The third-order valence-electron chi connectivity index (χ3n) is 4.77. The average molecular weight is 460 g/mol. The van der Waals surface area contributed by atoms with Gasteiger partial charge in [-0.15, -0.1) is 0 Å². The molecule has 0 fully saturated rings. The Morgan fingerprint density at radius 2 is 1.71 bits per heavy atom. The summed E-state index contributed by atoms with van der Waals surface area (Å²) in [5.74, 6) is -3.62. The number of para-hydroxylation sites is 2. The molecule has 31 heavy (non-hydrogen) atoms. The van der Waals surface area contributed by atoms with Crippen LogP contribution < -0.4 is 13.9 Å². The molecule has 1 aliphatic rings. The molecule has 0 radical (unpaired) electrons. The summed E-state index contributed by atoms with van der Waals surface area (Å²) in [5, 5.41) is 10.8. The van der Waals surface area contributed by atoms with Crippen molar-refractivity contribution in [3.8, 4) is 0 Å². The number of benzene rings is 2. The molecule has 0 bridgehead atoms. The van der Waals surface area contributed by atoms with Crippen molar-refractivity contribution in [1.82, 2.24) is 10.2 Å². The molecule has 1 heterocycles. The van der Waals surface area contributed by atoms with Crippen LogP contribution in [0.4, 0.5) is 35.0 Å². The third kappa shape index (κ3) is 4.82. The molecule has 0 atom stereocenters. The Kier molecular flexibility index (Phi) is 6.84. The molecule has 8 nitrogen and oxygen atoms in total. The van der Waals surface area contributed by atoms with Gasteiger partial charge in [-0.25, -0.2) is 22.3 Å². The van der Waals surface area contributed by atoms with E-state index in [1.54, 1.807) is 25.2 Å². The molecule has 12 heteroatoms. The van der Waals surface area contributed by atoms with E-state index < -0.39 is 40.2 Å². The van der Waals surface area contributed by atoms with Gasteiger partial charge in [0.25, 0.3) is 0 Å². The van der Waals surface area contributed by atoms with Crippen LogP contribution in [0, 0.1) is 17.5 Å². The minimum Gasteiger partial charge on any atom is -0.465 e. The van der Waals surface area contributed by atoms with Gasteiger partial charge in [0.15, 0.2) is 11.6 Å². The lowest BCUT2D eigenvalue weighted by atomic mass is 10.2. The highest BCUT2D eigenvalue weighted by Gasteiger charge is 2.43. The summed E-state index contributed by atoms with van der Waals surface area (Å²) in [4.78, 5) is 12.3. The second-order valence-corrected chi connectivity index (χ2v) is 8.77. The molecule has 3 rings (SSSR count). The molecule has 1 amide bonds. The van der Waals surface area contributed by atoms with Gasteiger partial charge in [0.1, 0.15) is 11.5 Å². The molecule has 0 saturated heterocycles. The van der Waals surface area contributed by atoms with Crippen molar-refractivity contribution in [1.29, 1.82) is 0 Å². The van der Waals surface area contributed by atoms with E-state index in [9.17, 15) is 27.1 Å². The van der Waals surface area contributed by atoms with Gasteiger partial charge in [-0.05, 0) is 43.1 Å². The Bertz CT molecular complexity index is 942. The zero-order chi connectivity index (χ0) is 22.8. The van der Waals surface area contributed by atoms with Gasteiger partial charge in [-0.1, -0.05) is 12.1 Å². The van der Waals surface area contributed by atoms with Crippen LogP contribution in [0.5, 0.6) is 0 Å². The Morgan fingerprint density at radius 1 is 1.10 bits per heavy atom. The first-order valence-corrected chi connectivity index (χ1v) is 10.8. The van der Waals surface area contributed by atoms with Crippen molar-refractivity contribution < 1.29 is 32.2 Å². The highest BCUT2D eigenvalue weighted by Crippen LogP contribution is 2.64. The maximum Gasteiger partial charge on any atom is 0.404 e. The number of nitrogens with one attached hydrogen (secondary N) is 1. The number of carbonyl (C=O) groups is 1. The van der Waals surface area contributed by atoms with E-state index in [1.807, 2.05) is 4.90 Å². The average Bonchev–Trinajstić information content (AvgIpc) is 2.89. The van der Waals surface area contributed by atoms with Crippen molar-refractivity contribution >= 4 is 34.1 Å². The van der Waals surface area contributed by atoms with Gasteiger partial charge in [0.2, 0.25) is 0 Å². The fourth-order valence-electron chi connectivity index (χ4n) is 3.34. The summed E-state index contributed by atoms with van der Waals surface area (Å²) in [6.45, 7) is 1.29. The van der Waals surface area contributed by atoms with Crippen LogP contribution in [-0.2, 0) is 0 Å². The Hall–Kier alpha value is -2.67. The van der Waals surface area contributed by atoms with E-state index in [-0.39, 0.29) is 18.8 Å². The SMILES string of the molecule is CN(CCCNC(=O)O)CCN1c2ccccc2N(c2c(F)cc(F)cc2F)S1(O)O. The first-order chi connectivity index (χ1) is 14.6. The largest absolute Gasteiger partial charge is 0.465 e. The topological polar surface area (TPSA) is 99.5 Å². The molecule has 0 unspecified atom stereocenters. The molecule has 0 aromatic heterocycles. The summed E-state index contributed by atoms with van der Waals surface area (Å²) in [7, 11) is -2.10. The van der Waals surface area contributed by atoms with Crippen molar-refractivity contribution in [3.05, 3.63) is 53.8 Å². The number of hydrogen-bond donors (Lipinski definition) is 4. The monoisotopic (exact) mass is 460 g/mol. The van der Waals surface area contributed by atoms with Gasteiger partial charge in [-0.2, -0.15) is 0 Å². The van der Waals surface area contributed by atoms with Crippen LogP contribution in [-0.4, -0.2) is 58.4 Å². The summed E-state index contributed by atoms with van der Waals surface area (Å²) < 4.78 is 66.3. The lowest BCUT2D eigenvalue weighted by molar-refractivity contribution is 0.193. The van der Waals surface area contributed by atoms with Crippen LogP contribution in [0.1, 0.15) is 6.42 Å².